The van der Waals surface area contributed by atoms with Crippen LogP contribution in [0.4, 0.5) is 4.39 Å². The fourth-order valence-electron chi connectivity index (χ4n) is 2.68. The summed E-state index contributed by atoms with van der Waals surface area (Å²) >= 11 is 7.98. The predicted octanol–water partition coefficient (Wildman–Crippen LogP) is 3.96. The van der Waals surface area contributed by atoms with E-state index in [-0.39, 0.29) is 24.3 Å². The molecule has 1 N–H and O–H groups in total. The van der Waals surface area contributed by atoms with Crippen molar-refractivity contribution in [3.05, 3.63) is 57.0 Å². The van der Waals surface area contributed by atoms with Crippen LogP contribution in [0.1, 0.15) is 17.2 Å². The minimum Gasteiger partial charge on any atom is -0.314 e. The Balaban J connectivity index is 0.00000161. The fraction of sp³-hybridized carbons (Fsp3) is 0.333. The highest BCUT2D eigenvalue weighted by atomic mass is 35.5. The standard InChI is InChI=1S/C15H16ClFN2S.ClH/c16-14-2-1-12(17)9-13(14)15(11-3-8-20-10-11)19-6-4-18-5-7-19;/h1-3,8-10,15,18H,4-7H2;1H/t15-;/m0./s1. The minimum atomic E-state index is -0.236. The molecular formula is C15H17Cl2FN2S. The zero-order valence-electron chi connectivity index (χ0n) is 11.4. The summed E-state index contributed by atoms with van der Waals surface area (Å²) < 4.78 is 13.6. The van der Waals surface area contributed by atoms with Crippen LogP contribution in [0.25, 0.3) is 0 Å². The van der Waals surface area contributed by atoms with Crippen molar-refractivity contribution in [3.8, 4) is 0 Å². The summed E-state index contributed by atoms with van der Waals surface area (Å²) in [5, 5.41) is 8.14. The molecular weight excluding hydrogens is 330 g/mol. The lowest BCUT2D eigenvalue weighted by atomic mass is 9.98. The first-order valence-electron chi connectivity index (χ1n) is 6.67. The smallest absolute Gasteiger partial charge is 0.123 e. The number of halogens is 3. The number of nitrogens with zero attached hydrogens (tertiary/aromatic N) is 1. The number of hydrogen-bond donors (Lipinski definition) is 1. The highest BCUT2D eigenvalue weighted by molar-refractivity contribution is 7.08. The van der Waals surface area contributed by atoms with E-state index < -0.39 is 0 Å². The van der Waals surface area contributed by atoms with Gasteiger partial charge in [0.1, 0.15) is 5.82 Å². The molecule has 21 heavy (non-hydrogen) atoms. The van der Waals surface area contributed by atoms with Crippen molar-refractivity contribution < 1.29 is 4.39 Å². The van der Waals surface area contributed by atoms with E-state index in [4.69, 9.17) is 11.6 Å². The molecule has 0 saturated carbocycles. The van der Waals surface area contributed by atoms with Crippen molar-refractivity contribution in [2.24, 2.45) is 0 Å². The number of nitrogens with one attached hydrogen (secondary N) is 1. The van der Waals surface area contributed by atoms with Gasteiger partial charge < -0.3 is 5.32 Å². The minimum absolute atomic E-state index is 0. The summed E-state index contributed by atoms with van der Waals surface area (Å²) in [5.74, 6) is -0.236. The van der Waals surface area contributed by atoms with E-state index >= 15 is 0 Å². The Bertz CT molecular complexity index is 571. The highest BCUT2D eigenvalue weighted by Crippen LogP contribution is 2.34. The number of rotatable bonds is 3. The zero-order valence-corrected chi connectivity index (χ0v) is 13.8. The van der Waals surface area contributed by atoms with Crippen molar-refractivity contribution in [1.29, 1.82) is 0 Å². The van der Waals surface area contributed by atoms with Crippen LogP contribution in [0.15, 0.2) is 35.0 Å². The maximum atomic E-state index is 13.6. The maximum absolute atomic E-state index is 13.6. The molecule has 1 fully saturated rings. The van der Waals surface area contributed by atoms with Gasteiger partial charge in [-0.1, -0.05) is 11.6 Å². The molecule has 1 saturated heterocycles. The van der Waals surface area contributed by atoms with Crippen LogP contribution in [-0.2, 0) is 0 Å². The van der Waals surface area contributed by atoms with E-state index in [2.05, 4.69) is 27.0 Å². The third kappa shape index (κ3) is 3.76. The molecule has 0 unspecified atom stereocenters. The van der Waals surface area contributed by atoms with E-state index in [1.807, 2.05) is 0 Å². The monoisotopic (exact) mass is 346 g/mol. The Morgan fingerprint density at radius 3 is 2.67 bits per heavy atom. The lowest BCUT2D eigenvalue weighted by Gasteiger charge is -2.35. The first kappa shape index (κ1) is 16.7. The molecule has 1 aliphatic rings. The summed E-state index contributed by atoms with van der Waals surface area (Å²) in [7, 11) is 0. The van der Waals surface area contributed by atoms with Gasteiger partial charge in [-0.2, -0.15) is 11.3 Å². The van der Waals surface area contributed by atoms with Gasteiger partial charge in [0.15, 0.2) is 0 Å². The van der Waals surface area contributed by atoms with Crippen molar-refractivity contribution in [1.82, 2.24) is 10.2 Å². The Kier molecular flexibility index (Phi) is 6.02. The molecule has 6 heteroatoms. The third-order valence-electron chi connectivity index (χ3n) is 3.63. The van der Waals surface area contributed by atoms with Crippen molar-refractivity contribution >= 4 is 35.3 Å². The summed E-state index contributed by atoms with van der Waals surface area (Å²) in [6, 6.07) is 6.75. The van der Waals surface area contributed by atoms with E-state index in [0.29, 0.717) is 5.02 Å². The van der Waals surface area contributed by atoms with Crippen molar-refractivity contribution in [3.63, 3.8) is 0 Å². The van der Waals surface area contributed by atoms with Crippen molar-refractivity contribution in [2.45, 2.75) is 6.04 Å². The van der Waals surface area contributed by atoms with E-state index in [1.165, 1.54) is 11.6 Å². The fourth-order valence-corrected chi connectivity index (χ4v) is 3.58. The summed E-state index contributed by atoms with van der Waals surface area (Å²) in [5.41, 5.74) is 2.04. The van der Waals surface area contributed by atoms with Crippen molar-refractivity contribution in [2.75, 3.05) is 26.2 Å². The van der Waals surface area contributed by atoms with E-state index in [9.17, 15) is 4.39 Å². The molecule has 1 atom stereocenters. The quantitative estimate of drug-likeness (QED) is 0.904. The highest BCUT2D eigenvalue weighted by Gasteiger charge is 2.26. The first-order valence-corrected chi connectivity index (χ1v) is 7.99. The average molecular weight is 347 g/mol. The Morgan fingerprint density at radius 2 is 2.00 bits per heavy atom. The molecule has 1 aromatic carbocycles. The molecule has 0 spiro atoms. The molecule has 0 amide bonds. The van der Waals surface area contributed by atoms with Crippen LogP contribution in [-0.4, -0.2) is 31.1 Å². The maximum Gasteiger partial charge on any atom is 0.123 e. The molecule has 114 valence electrons. The van der Waals surface area contributed by atoms with Crippen LogP contribution in [0, 0.1) is 5.82 Å². The molecule has 3 rings (SSSR count). The zero-order chi connectivity index (χ0) is 13.9. The van der Waals surface area contributed by atoms with Crippen LogP contribution in [0.2, 0.25) is 5.02 Å². The van der Waals surface area contributed by atoms with Gasteiger partial charge in [0.05, 0.1) is 6.04 Å². The molecule has 1 aromatic heterocycles. The molecule has 2 heterocycles. The molecule has 0 aliphatic carbocycles. The van der Waals surface area contributed by atoms with Gasteiger partial charge in [-0.25, -0.2) is 4.39 Å². The van der Waals surface area contributed by atoms with Crippen LogP contribution in [0.5, 0.6) is 0 Å². The molecule has 0 bridgehead atoms. The second-order valence-corrected chi connectivity index (χ2v) is 6.10. The summed E-state index contributed by atoms with van der Waals surface area (Å²) in [6.45, 7) is 3.78. The van der Waals surface area contributed by atoms with Gasteiger partial charge in [-0.15, -0.1) is 12.4 Å². The number of piperazine rings is 1. The summed E-state index contributed by atoms with van der Waals surface area (Å²) in [6.07, 6.45) is 0. The van der Waals surface area contributed by atoms with Gasteiger partial charge in [0.25, 0.3) is 0 Å². The van der Waals surface area contributed by atoms with E-state index in [0.717, 1.165) is 31.7 Å². The number of benzene rings is 1. The third-order valence-corrected chi connectivity index (χ3v) is 4.67. The molecule has 2 nitrogen and oxygen atoms in total. The lowest BCUT2D eigenvalue weighted by Crippen LogP contribution is -2.45. The Morgan fingerprint density at radius 1 is 1.24 bits per heavy atom. The number of thiophene rings is 1. The Labute approximate surface area is 139 Å². The SMILES string of the molecule is Cl.Fc1ccc(Cl)c([C@H](c2ccsc2)N2CCNCC2)c1. The van der Waals surface area contributed by atoms with E-state index in [1.54, 1.807) is 23.5 Å². The number of hydrogen-bond acceptors (Lipinski definition) is 3. The second kappa shape index (κ2) is 7.56. The van der Waals surface area contributed by atoms with Gasteiger partial charge in [0, 0.05) is 31.2 Å². The van der Waals surface area contributed by atoms with Gasteiger partial charge in [-0.05, 0) is 46.2 Å². The van der Waals surface area contributed by atoms with Crippen LogP contribution < -0.4 is 5.32 Å². The van der Waals surface area contributed by atoms with Crippen LogP contribution in [0.3, 0.4) is 0 Å². The van der Waals surface area contributed by atoms with Crippen LogP contribution >= 0.6 is 35.3 Å². The average Bonchev–Trinajstić information content (AvgIpc) is 2.98. The molecule has 0 radical (unpaired) electrons. The largest absolute Gasteiger partial charge is 0.314 e. The van der Waals surface area contributed by atoms with Gasteiger partial charge in [-0.3, -0.25) is 4.90 Å². The Hall–Kier alpha value is -0.650. The lowest BCUT2D eigenvalue weighted by molar-refractivity contribution is 0.198. The first-order chi connectivity index (χ1) is 9.75. The topological polar surface area (TPSA) is 15.3 Å². The predicted molar refractivity (Wildman–Crippen MR) is 89.3 cm³/mol. The summed E-state index contributed by atoms with van der Waals surface area (Å²) in [4.78, 5) is 2.36. The molecule has 2 aromatic rings. The second-order valence-electron chi connectivity index (χ2n) is 4.91. The van der Waals surface area contributed by atoms with Gasteiger partial charge >= 0.3 is 0 Å². The normalized spacial score (nSPS) is 17.2. The van der Waals surface area contributed by atoms with Gasteiger partial charge in [0.2, 0.25) is 0 Å². The molecule has 1 aliphatic heterocycles.